The zero-order valence-corrected chi connectivity index (χ0v) is 9.06. The summed E-state index contributed by atoms with van der Waals surface area (Å²) in [5.74, 6) is 10.5. The number of hydrazine groups is 1. The molecule has 0 aliphatic rings. The van der Waals surface area contributed by atoms with Crippen molar-refractivity contribution in [3.63, 3.8) is 0 Å². The van der Waals surface area contributed by atoms with Crippen molar-refractivity contribution in [2.45, 2.75) is 6.42 Å². The lowest BCUT2D eigenvalue weighted by atomic mass is 10.2. The van der Waals surface area contributed by atoms with Crippen molar-refractivity contribution in [2.75, 3.05) is 6.61 Å². The Morgan fingerprint density at radius 3 is 2.94 bits per heavy atom. The average Bonchev–Trinajstić information content (AvgIpc) is 2.37. The van der Waals surface area contributed by atoms with Crippen LogP contribution in [0, 0.1) is 23.2 Å². The first-order valence-electron chi connectivity index (χ1n) is 4.85. The van der Waals surface area contributed by atoms with Crippen LogP contribution in [0.1, 0.15) is 12.0 Å². The van der Waals surface area contributed by atoms with Crippen molar-refractivity contribution >= 4 is 5.91 Å². The zero-order valence-electron chi connectivity index (χ0n) is 9.06. The monoisotopic (exact) mass is 229 g/mol. The largest absolute Gasteiger partial charge is 0.482 e. The predicted molar refractivity (Wildman–Crippen MR) is 61.4 cm³/mol. The number of nitrogens with one attached hydrogen (secondary N) is 1. The van der Waals surface area contributed by atoms with E-state index in [1.165, 1.54) is 0 Å². The summed E-state index contributed by atoms with van der Waals surface area (Å²) >= 11 is 0. The molecule has 0 bridgehead atoms. The minimum absolute atomic E-state index is 0.150. The molecule has 5 heteroatoms. The van der Waals surface area contributed by atoms with Crippen LogP contribution in [-0.2, 0) is 4.79 Å². The maximum absolute atomic E-state index is 10.9. The van der Waals surface area contributed by atoms with Crippen LogP contribution in [0.4, 0.5) is 0 Å². The summed E-state index contributed by atoms with van der Waals surface area (Å²) in [6.45, 7) is -0.173. The normalized spacial score (nSPS) is 8.47. The summed E-state index contributed by atoms with van der Waals surface area (Å²) in [4.78, 5) is 10.9. The minimum atomic E-state index is -0.426. The standard InChI is InChI=1S/C12H11N3O2/c13-8-4-3-6-10-5-1-2-7-11(10)17-9-12(16)15-14/h1-2,5,7H,4,9,14H2,(H,15,16). The molecule has 5 nitrogen and oxygen atoms in total. The van der Waals surface area contributed by atoms with Crippen LogP contribution in [0.15, 0.2) is 24.3 Å². The molecule has 0 aliphatic heterocycles. The Bertz CT molecular complexity index is 494. The molecule has 0 saturated carbocycles. The summed E-state index contributed by atoms with van der Waals surface area (Å²) in [5.41, 5.74) is 2.60. The van der Waals surface area contributed by atoms with E-state index in [0.29, 0.717) is 11.3 Å². The molecule has 1 aromatic rings. The number of carbonyl (C=O) groups is 1. The minimum Gasteiger partial charge on any atom is -0.482 e. The fourth-order valence-corrected chi connectivity index (χ4v) is 1.06. The number of rotatable bonds is 3. The number of hydrogen-bond acceptors (Lipinski definition) is 4. The van der Waals surface area contributed by atoms with Gasteiger partial charge in [0.2, 0.25) is 0 Å². The number of carbonyl (C=O) groups excluding carboxylic acids is 1. The molecule has 0 saturated heterocycles. The Labute approximate surface area is 99.1 Å². The highest BCUT2D eigenvalue weighted by Crippen LogP contribution is 2.16. The first kappa shape index (κ1) is 12.6. The number of hydrogen-bond donors (Lipinski definition) is 2. The smallest absolute Gasteiger partial charge is 0.271 e. The highest BCUT2D eigenvalue weighted by molar-refractivity contribution is 5.76. The Kier molecular flexibility index (Phi) is 5.09. The van der Waals surface area contributed by atoms with Gasteiger partial charge in [-0.15, -0.1) is 0 Å². The molecule has 0 fully saturated rings. The van der Waals surface area contributed by atoms with Gasteiger partial charge in [0.15, 0.2) is 6.61 Å². The third-order valence-corrected chi connectivity index (χ3v) is 1.80. The molecular weight excluding hydrogens is 218 g/mol. The number of nitriles is 1. The maximum Gasteiger partial charge on any atom is 0.271 e. The van der Waals surface area contributed by atoms with Gasteiger partial charge in [0.05, 0.1) is 18.1 Å². The molecule has 0 atom stereocenters. The van der Waals surface area contributed by atoms with E-state index in [9.17, 15) is 4.79 Å². The topological polar surface area (TPSA) is 88.1 Å². The predicted octanol–water partition coefficient (Wildman–Crippen LogP) is 0.320. The molecule has 0 spiro atoms. The van der Waals surface area contributed by atoms with Gasteiger partial charge in [-0.3, -0.25) is 10.2 Å². The van der Waals surface area contributed by atoms with Crippen molar-refractivity contribution < 1.29 is 9.53 Å². The van der Waals surface area contributed by atoms with Crippen LogP contribution >= 0.6 is 0 Å². The number of amides is 1. The van der Waals surface area contributed by atoms with E-state index < -0.39 is 5.91 Å². The van der Waals surface area contributed by atoms with E-state index in [0.717, 1.165) is 0 Å². The molecule has 17 heavy (non-hydrogen) atoms. The third kappa shape index (κ3) is 4.25. The van der Waals surface area contributed by atoms with Crippen molar-refractivity contribution in [2.24, 2.45) is 5.84 Å². The third-order valence-electron chi connectivity index (χ3n) is 1.80. The van der Waals surface area contributed by atoms with Crippen LogP contribution in [0.5, 0.6) is 5.75 Å². The zero-order chi connectivity index (χ0) is 12.5. The quantitative estimate of drug-likeness (QED) is 0.338. The SMILES string of the molecule is N#CCC#Cc1ccccc1OCC(=O)NN. The van der Waals surface area contributed by atoms with Gasteiger partial charge in [-0.1, -0.05) is 24.0 Å². The van der Waals surface area contributed by atoms with Crippen LogP contribution in [0.3, 0.4) is 0 Å². The van der Waals surface area contributed by atoms with E-state index in [-0.39, 0.29) is 13.0 Å². The second-order valence-electron chi connectivity index (χ2n) is 2.99. The Morgan fingerprint density at radius 2 is 2.24 bits per heavy atom. The molecule has 86 valence electrons. The molecule has 0 unspecified atom stereocenters. The second kappa shape index (κ2) is 6.89. The van der Waals surface area contributed by atoms with Gasteiger partial charge >= 0.3 is 0 Å². The van der Waals surface area contributed by atoms with Crippen molar-refractivity contribution in [3.8, 4) is 23.7 Å². The molecule has 3 N–H and O–H groups in total. The van der Waals surface area contributed by atoms with Crippen molar-refractivity contribution in [1.29, 1.82) is 5.26 Å². The Morgan fingerprint density at radius 1 is 1.47 bits per heavy atom. The van der Waals surface area contributed by atoms with Gasteiger partial charge in [0.25, 0.3) is 5.91 Å². The molecular formula is C12H11N3O2. The van der Waals surface area contributed by atoms with Gasteiger partial charge < -0.3 is 4.74 Å². The lowest BCUT2D eigenvalue weighted by Crippen LogP contribution is -2.34. The number of para-hydroxylation sites is 1. The first-order chi connectivity index (χ1) is 8.27. The number of nitrogens with zero attached hydrogens (tertiary/aromatic N) is 1. The van der Waals surface area contributed by atoms with Gasteiger partial charge in [-0.25, -0.2) is 5.84 Å². The molecule has 0 radical (unpaired) electrons. The van der Waals surface area contributed by atoms with E-state index >= 15 is 0 Å². The summed E-state index contributed by atoms with van der Waals surface area (Å²) in [5, 5.41) is 8.37. The van der Waals surface area contributed by atoms with Gasteiger partial charge in [0.1, 0.15) is 5.75 Å². The van der Waals surface area contributed by atoms with Crippen LogP contribution in [-0.4, -0.2) is 12.5 Å². The Balaban J connectivity index is 2.76. The Hall–Kier alpha value is -2.50. The molecule has 1 amide bonds. The van der Waals surface area contributed by atoms with E-state index in [4.69, 9.17) is 15.8 Å². The molecule has 0 aliphatic carbocycles. The van der Waals surface area contributed by atoms with E-state index in [1.54, 1.807) is 24.3 Å². The van der Waals surface area contributed by atoms with Gasteiger partial charge in [0, 0.05) is 0 Å². The molecule has 1 aromatic carbocycles. The lowest BCUT2D eigenvalue weighted by molar-refractivity contribution is -0.123. The molecule has 0 heterocycles. The van der Waals surface area contributed by atoms with E-state index in [1.807, 2.05) is 11.5 Å². The maximum atomic E-state index is 10.9. The molecule has 0 aromatic heterocycles. The molecule has 1 rings (SSSR count). The van der Waals surface area contributed by atoms with Gasteiger partial charge in [-0.05, 0) is 12.1 Å². The highest BCUT2D eigenvalue weighted by Gasteiger charge is 2.03. The summed E-state index contributed by atoms with van der Waals surface area (Å²) in [6, 6.07) is 8.93. The van der Waals surface area contributed by atoms with Crippen molar-refractivity contribution in [1.82, 2.24) is 5.43 Å². The van der Waals surface area contributed by atoms with Gasteiger partial charge in [-0.2, -0.15) is 5.26 Å². The number of benzene rings is 1. The number of nitrogens with two attached hydrogens (primary N) is 1. The summed E-state index contributed by atoms with van der Waals surface area (Å²) < 4.78 is 5.24. The lowest BCUT2D eigenvalue weighted by Gasteiger charge is -2.06. The van der Waals surface area contributed by atoms with Crippen LogP contribution < -0.4 is 16.0 Å². The average molecular weight is 229 g/mol. The number of ether oxygens (including phenoxy) is 1. The van der Waals surface area contributed by atoms with Crippen LogP contribution in [0.2, 0.25) is 0 Å². The fourth-order valence-electron chi connectivity index (χ4n) is 1.06. The summed E-state index contributed by atoms with van der Waals surface area (Å²) in [6.07, 6.45) is 0.150. The van der Waals surface area contributed by atoms with Crippen molar-refractivity contribution in [3.05, 3.63) is 29.8 Å². The van der Waals surface area contributed by atoms with E-state index in [2.05, 4.69) is 11.8 Å². The second-order valence-corrected chi connectivity index (χ2v) is 2.99. The highest BCUT2D eigenvalue weighted by atomic mass is 16.5. The van der Waals surface area contributed by atoms with Crippen LogP contribution in [0.25, 0.3) is 0 Å². The first-order valence-corrected chi connectivity index (χ1v) is 4.85. The fraction of sp³-hybridized carbons (Fsp3) is 0.167. The summed E-state index contributed by atoms with van der Waals surface area (Å²) in [7, 11) is 0.